The Balaban J connectivity index is 0.000000335. The van der Waals surface area contributed by atoms with Gasteiger partial charge in [0.2, 0.25) is 0 Å². The highest BCUT2D eigenvalue weighted by molar-refractivity contribution is 5.77. The molecule has 19 atom stereocenters. The minimum atomic E-state index is -1.75. The van der Waals surface area contributed by atoms with Crippen LogP contribution in [0.15, 0.2) is 0 Å². The molecular weight excluding hydrogens is 800 g/mol. The molecule has 26 nitrogen and oxygen atoms in total. The molecular formula is C32H54O26. The lowest BCUT2D eigenvalue weighted by atomic mass is 9.96. The Hall–Kier alpha value is -2.84. The number of ether oxygens (including phenoxy) is 13. The largest absolute Gasteiger partial charge is 0.467 e. The lowest BCUT2D eigenvalue weighted by Gasteiger charge is -2.45. The molecule has 0 bridgehead atoms. The second-order valence-electron chi connectivity index (χ2n) is 12.6. The monoisotopic (exact) mass is 854 g/mol. The second-order valence-corrected chi connectivity index (χ2v) is 12.6. The molecule has 0 aliphatic carbocycles. The predicted octanol–water partition coefficient (Wildman–Crippen LogP) is -7.47. The minimum Gasteiger partial charge on any atom is -0.467 e. The van der Waals surface area contributed by atoms with Crippen LogP contribution >= 0.6 is 0 Å². The first-order chi connectivity index (χ1) is 27.3. The van der Waals surface area contributed by atoms with E-state index >= 15 is 0 Å². The van der Waals surface area contributed by atoms with E-state index in [9.17, 15) is 65.1 Å². The smallest absolute Gasteiger partial charge is 0.337 e. The van der Waals surface area contributed by atoms with Crippen LogP contribution in [0.3, 0.4) is 0 Å². The van der Waals surface area contributed by atoms with E-state index in [4.69, 9.17) is 42.6 Å². The van der Waals surface area contributed by atoms with E-state index in [-0.39, 0.29) is 6.42 Å². The first kappa shape index (κ1) is 51.3. The van der Waals surface area contributed by atoms with E-state index in [1.54, 1.807) is 0 Å². The summed E-state index contributed by atoms with van der Waals surface area (Å²) in [5.41, 5.74) is 0. The number of methoxy groups -OCH3 is 8. The van der Waals surface area contributed by atoms with Crippen molar-refractivity contribution in [1.29, 1.82) is 0 Å². The third kappa shape index (κ3) is 12.1. The summed E-state index contributed by atoms with van der Waals surface area (Å²) in [6, 6.07) is 0. The van der Waals surface area contributed by atoms with E-state index in [2.05, 4.69) is 18.9 Å². The third-order valence-electron chi connectivity index (χ3n) is 9.14. The van der Waals surface area contributed by atoms with Crippen molar-refractivity contribution in [2.75, 3.05) is 56.9 Å². The summed E-state index contributed by atoms with van der Waals surface area (Å²) in [6.07, 6.45) is -26.7. The van der Waals surface area contributed by atoms with Crippen LogP contribution in [0.5, 0.6) is 0 Å². The van der Waals surface area contributed by atoms with Crippen LogP contribution in [0.1, 0.15) is 6.42 Å². The highest BCUT2D eigenvalue weighted by Crippen LogP contribution is 2.31. The van der Waals surface area contributed by atoms with Crippen LogP contribution in [0.4, 0.5) is 0 Å². The fraction of sp³-hybridized carbons (Fsp3) is 0.875. The standard InChI is InChI=1S/C16H26O13.C8H14O7.C8H14O6/c1-23-9-5(17)8(20)16(29-11(9)13(21)24-2)27-10-6(18)7(19)15(26-4)28-12(10)14(22)25-3;1-13-5-3(9)4(10)7(11)15-6(5)8(12)14-2;1-12-7(11)5-3-4(9)6(10)8(13-2)14-5/h5-12,15-20H,1-4H3;3-7,9-11H,1-2H3;4-6,8-10H,3H2,1-2H3/t5?,6-,7-,8?,9+,10+,11+,12?,15?,16?;3?,4?,5-,6-,7?;4-,5?,6+,8?/m011/s1. The Bertz CT molecular complexity index is 1290. The maximum absolute atomic E-state index is 12.1. The average molecular weight is 855 g/mol. The number of esters is 4. The third-order valence-corrected chi connectivity index (χ3v) is 9.14. The van der Waals surface area contributed by atoms with Crippen molar-refractivity contribution in [3.8, 4) is 0 Å². The van der Waals surface area contributed by atoms with Crippen molar-refractivity contribution in [2.24, 2.45) is 0 Å². The molecule has 0 aromatic heterocycles. The number of carbonyl (C=O) groups excluding carboxylic acids is 4. The molecule has 4 saturated heterocycles. The summed E-state index contributed by atoms with van der Waals surface area (Å²) < 4.78 is 63.4. The Morgan fingerprint density at radius 1 is 0.414 bits per heavy atom. The first-order valence-corrected chi connectivity index (χ1v) is 17.2. The highest BCUT2D eigenvalue weighted by Gasteiger charge is 2.55. The van der Waals surface area contributed by atoms with Gasteiger partial charge in [-0.2, -0.15) is 0 Å². The van der Waals surface area contributed by atoms with Gasteiger partial charge in [-0.15, -0.1) is 0 Å². The number of aliphatic hydroxyl groups excluding tert-OH is 9. The molecule has 0 aromatic carbocycles. The molecule has 4 heterocycles. The van der Waals surface area contributed by atoms with Gasteiger partial charge in [-0.3, -0.25) is 0 Å². The van der Waals surface area contributed by atoms with Crippen molar-refractivity contribution >= 4 is 23.9 Å². The van der Waals surface area contributed by atoms with Gasteiger partial charge in [0, 0.05) is 34.9 Å². The zero-order valence-electron chi connectivity index (χ0n) is 32.6. The summed E-state index contributed by atoms with van der Waals surface area (Å²) in [4.78, 5) is 46.3. The number of carbonyl (C=O) groups is 4. The van der Waals surface area contributed by atoms with E-state index in [1.165, 1.54) is 35.5 Å². The summed E-state index contributed by atoms with van der Waals surface area (Å²) in [7, 11) is 9.46. The molecule has 0 amide bonds. The Kier molecular flexibility index (Phi) is 21.1. The molecule has 26 heteroatoms. The van der Waals surface area contributed by atoms with Gasteiger partial charge in [-0.05, 0) is 0 Å². The summed E-state index contributed by atoms with van der Waals surface area (Å²) >= 11 is 0. The van der Waals surface area contributed by atoms with Crippen LogP contribution in [0.25, 0.3) is 0 Å². The number of rotatable bonds is 10. The van der Waals surface area contributed by atoms with Gasteiger partial charge in [0.15, 0.2) is 49.6 Å². The SMILES string of the molecule is COC(=O)C1C[C@@H](O)[C@H](O)C(OC)O1.COC(=O)C1OC(OC)[C@@H](O)[C@H](O)[C@H]1OC1O[C@@H](C(=O)OC)[C@H](OC)C(O)C1O.COC(=O)[C@@H]1OC(O)C(O)C(O)[C@H]1OC. The zero-order chi connectivity index (χ0) is 44.2. The minimum absolute atomic E-state index is 0.00764. The molecule has 0 saturated carbocycles. The van der Waals surface area contributed by atoms with Crippen LogP contribution in [0.2, 0.25) is 0 Å². The molecule has 338 valence electrons. The lowest BCUT2D eigenvalue weighted by Crippen LogP contribution is -2.66. The van der Waals surface area contributed by atoms with Crippen LogP contribution in [-0.4, -0.2) is 243 Å². The molecule has 58 heavy (non-hydrogen) atoms. The summed E-state index contributed by atoms with van der Waals surface area (Å²) in [5.74, 6) is -3.25. The fourth-order valence-electron chi connectivity index (χ4n) is 5.90. The molecule has 10 unspecified atom stereocenters. The Morgan fingerprint density at radius 3 is 1.24 bits per heavy atom. The molecule has 0 aromatic rings. The van der Waals surface area contributed by atoms with E-state index in [1.807, 2.05) is 0 Å². The van der Waals surface area contributed by atoms with Gasteiger partial charge in [-0.1, -0.05) is 0 Å². The van der Waals surface area contributed by atoms with E-state index in [0.717, 1.165) is 21.3 Å². The van der Waals surface area contributed by atoms with Crippen molar-refractivity contribution in [2.45, 2.75) is 123 Å². The Labute approximate surface area is 330 Å². The summed E-state index contributed by atoms with van der Waals surface area (Å²) in [6.45, 7) is 0. The van der Waals surface area contributed by atoms with Crippen LogP contribution in [0, 0.1) is 0 Å². The number of hydrogen-bond donors (Lipinski definition) is 9. The van der Waals surface area contributed by atoms with E-state index < -0.39 is 141 Å². The van der Waals surface area contributed by atoms with Crippen molar-refractivity contribution < 1.29 is 127 Å². The van der Waals surface area contributed by atoms with Gasteiger partial charge in [0.1, 0.15) is 61.0 Å². The van der Waals surface area contributed by atoms with Crippen molar-refractivity contribution in [1.82, 2.24) is 0 Å². The second kappa shape index (κ2) is 23.8. The normalized spacial score (nSPS) is 41.3. The summed E-state index contributed by atoms with van der Waals surface area (Å²) in [5, 5.41) is 87.8. The van der Waals surface area contributed by atoms with Gasteiger partial charge in [-0.25, -0.2) is 19.2 Å². The van der Waals surface area contributed by atoms with Crippen molar-refractivity contribution in [3.63, 3.8) is 0 Å². The maximum Gasteiger partial charge on any atom is 0.337 e. The molecule has 4 fully saturated rings. The lowest BCUT2D eigenvalue weighted by molar-refractivity contribution is -0.349. The van der Waals surface area contributed by atoms with Crippen molar-refractivity contribution in [3.05, 3.63) is 0 Å². The zero-order valence-corrected chi connectivity index (χ0v) is 32.6. The quantitative estimate of drug-likeness (QED) is 0.0728. The van der Waals surface area contributed by atoms with Crippen LogP contribution < -0.4 is 0 Å². The average Bonchev–Trinajstić information content (AvgIpc) is 3.23. The molecule has 4 aliphatic rings. The first-order valence-electron chi connectivity index (χ1n) is 17.2. The fourth-order valence-corrected chi connectivity index (χ4v) is 5.90. The van der Waals surface area contributed by atoms with Gasteiger partial charge in [0.25, 0.3) is 0 Å². The maximum atomic E-state index is 12.1. The molecule has 0 radical (unpaired) electrons. The van der Waals surface area contributed by atoms with Gasteiger partial charge >= 0.3 is 23.9 Å². The molecule has 4 rings (SSSR count). The van der Waals surface area contributed by atoms with Gasteiger partial charge < -0.3 is 108 Å². The predicted molar refractivity (Wildman–Crippen MR) is 178 cm³/mol. The number of aliphatic hydroxyl groups is 9. The molecule has 9 N–H and O–H groups in total. The number of hydrogen-bond acceptors (Lipinski definition) is 26. The van der Waals surface area contributed by atoms with E-state index in [0.29, 0.717) is 0 Å². The topological polar surface area (TPSA) is 370 Å². The van der Waals surface area contributed by atoms with Crippen LogP contribution in [-0.2, 0) is 80.8 Å². The highest BCUT2D eigenvalue weighted by atomic mass is 16.8. The Morgan fingerprint density at radius 2 is 0.793 bits per heavy atom. The van der Waals surface area contributed by atoms with Gasteiger partial charge in [0.05, 0.1) is 34.5 Å². The molecule has 4 aliphatic heterocycles. The molecule has 0 spiro atoms.